The summed E-state index contributed by atoms with van der Waals surface area (Å²) < 4.78 is 5.34. The van der Waals surface area contributed by atoms with Crippen molar-refractivity contribution >= 4 is 17.5 Å². The molecule has 7 heteroatoms. The van der Waals surface area contributed by atoms with Gasteiger partial charge in [0.25, 0.3) is 0 Å². The van der Waals surface area contributed by atoms with Crippen molar-refractivity contribution in [2.45, 2.75) is 26.2 Å². The Morgan fingerprint density at radius 3 is 2.62 bits per heavy atom. The van der Waals surface area contributed by atoms with Crippen LogP contribution in [0.1, 0.15) is 23.5 Å². The van der Waals surface area contributed by atoms with Gasteiger partial charge in [-0.25, -0.2) is 14.8 Å². The lowest BCUT2D eigenvalue weighted by Gasteiger charge is -2.24. The number of likely N-dealkylation sites (tertiary alicyclic amines) is 1. The SMILES string of the molecule is COc1ccccc1NC(=O)N1CC2CN(c3nc(C)nc4c3CCC4)CC2C1. The molecule has 7 nitrogen and oxygen atoms in total. The number of aromatic nitrogens is 2. The molecular weight excluding hydrogens is 366 g/mol. The van der Waals surface area contributed by atoms with E-state index < -0.39 is 0 Å². The van der Waals surface area contributed by atoms with Crippen LogP contribution in [-0.4, -0.2) is 54.2 Å². The van der Waals surface area contributed by atoms with Crippen molar-refractivity contribution < 1.29 is 9.53 Å². The standard InChI is InChI=1S/C22H27N5O2/c1-14-23-18-8-5-6-17(18)21(24-14)26-10-15-12-27(13-16(15)11-26)22(28)25-19-7-3-4-9-20(19)29-2/h3-4,7,9,15-16H,5-6,8,10-13H2,1-2H3,(H,25,28). The van der Waals surface area contributed by atoms with Crippen LogP contribution >= 0.6 is 0 Å². The first-order valence-corrected chi connectivity index (χ1v) is 10.4. The molecule has 3 aliphatic rings. The first kappa shape index (κ1) is 18.2. The van der Waals surface area contributed by atoms with Crippen LogP contribution in [-0.2, 0) is 12.8 Å². The molecular formula is C22H27N5O2. The average molecular weight is 393 g/mol. The van der Waals surface area contributed by atoms with E-state index in [0.29, 0.717) is 23.3 Å². The number of amides is 2. The number of urea groups is 1. The number of nitrogens with one attached hydrogen (secondary N) is 1. The average Bonchev–Trinajstić information content (AvgIpc) is 3.42. The van der Waals surface area contributed by atoms with E-state index >= 15 is 0 Å². The number of hydrogen-bond donors (Lipinski definition) is 1. The molecule has 1 aromatic carbocycles. The lowest BCUT2D eigenvalue weighted by molar-refractivity contribution is 0.219. The van der Waals surface area contributed by atoms with E-state index in [9.17, 15) is 4.79 Å². The highest BCUT2D eigenvalue weighted by Gasteiger charge is 2.43. The Balaban J connectivity index is 1.25. The molecule has 0 saturated carbocycles. The van der Waals surface area contributed by atoms with Gasteiger partial charge in [-0.15, -0.1) is 0 Å². The molecule has 1 aliphatic carbocycles. The Bertz CT molecular complexity index is 933. The van der Waals surface area contributed by atoms with Crippen LogP contribution in [0.2, 0.25) is 0 Å². The second-order valence-electron chi connectivity index (χ2n) is 8.33. The van der Waals surface area contributed by atoms with Gasteiger partial charge in [0.1, 0.15) is 17.4 Å². The quantitative estimate of drug-likeness (QED) is 0.868. The predicted molar refractivity (Wildman–Crippen MR) is 112 cm³/mol. The van der Waals surface area contributed by atoms with Gasteiger partial charge < -0.3 is 19.9 Å². The van der Waals surface area contributed by atoms with Gasteiger partial charge in [-0.3, -0.25) is 0 Å². The molecule has 0 radical (unpaired) electrons. The van der Waals surface area contributed by atoms with Crippen LogP contribution in [0, 0.1) is 18.8 Å². The van der Waals surface area contributed by atoms with E-state index in [2.05, 4.69) is 15.2 Å². The molecule has 3 heterocycles. The van der Waals surface area contributed by atoms with Crippen LogP contribution in [0.15, 0.2) is 24.3 Å². The topological polar surface area (TPSA) is 70.6 Å². The Kier molecular flexibility index (Phi) is 4.53. The van der Waals surface area contributed by atoms with Gasteiger partial charge in [0.05, 0.1) is 12.8 Å². The number of para-hydroxylation sites is 2. The molecule has 2 amide bonds. The maximum absolute atomic E-state index is 12.8. The fraction of sp³-hybridized carbons (Fsp3) is 0.500. The summed E-state index contributed by atoms with van der Waals surface area (Å²) in [6.07, 6.45) is 3.34. The summed E-state index contributed by atoms with van der Waals surface area (Å²) in [5.41, 5.74) is 3.30. The van der Waals surface area contributed by atoms with E-state index in [1.807, 2.05) is 36.1 Å². The number of methoxy groups -OCH3 is 1. The van der Waals surface area contributed by atoms with Crippen LogP contribution in [0.5, 0.6) is 5.75 Å². The fourth-order valence-electron chi connectivity index (χ4n) is 5.07. The number of nitrogens with zero attached hydrogens (tertiary/aromatic N) is 4. The number of ether oxygens (including phenoxy) is 1. The summed E-state index contributed by atoms with van der Waals surface area (Å²) in [6.45, 7) is 5.49. The molecule has 0 bridgehead atoms. The molecule has 2 fully saturated rings. The van der Waals surface area contributed by atoms with Crippen LogP contribution in [0.25, 0.3) is 0 Å². The van der Waals surface area contributed by atoms with Crippen molar-refractivity contribution in [2.75, 3.05) is 43.5 Å². The van der Waals surface area contributed by atoms with E-state index in [0.717, 1.165) is 50.7 Å². The van der Waals surface area contributed by atoms with Crippen molar-refractivity contribution in [3.05, 3.63) is 41.3 Å². The lowest BCUT2D eigenvalue weighted by atomic mass is 10.0. The number of benzene rings is 1. The molecule has 2 unspecified atom stereocenters. The molecule has 29 heavy (non-hydrogen) atoms. The summed E-state index contributed by atoms with van der Waals surface area (Å²) in [5.74, 6) is 3.68. The smallest absolute Gasteiger partial charge is 0.321 e. The molecule has 5 rings (SSSR count). The van der Waals surface area contributed by atoms with Gasteiger partial charge in [-0.05, 0) is 38.3 Å². The monoisotopic (exact) mass is 393 g/mol. The molecule has 152 valence electrons. The van der Waals surface area contributed by atoms with Crippen LogP contribution in [0.4, 0.5) is 16.3 Å². The number of hydrogen-bond acceptors (Lipinski definition) is 5. The molecule has 2 aromatic rings. The maximum Gasteiger partial charge on any atom is 0.321 e. The highest BCUT2D eigenvalue weighted by atomic mass is 16.5. The summed E-state index contributed by atoms with van der Waals surface area (Å²) in [4.78, 5) is 26.6. The van der Waals surface area contributed by atoms with Crippen molar-refractivity contribution in [3.63, 3.8) is 0 Å². The van der Waals surface area contributed by atoms with Gasteiger partial charge in [-0.2, -0.15) is 0 Å². The molecule has 1 aromatic heterocycles. The summed E-state index contributed by atoms with van der Waals surface area (Å²) in [6, 6.07) is 7.47. The number of aryl methyl sites for hydroxylation is 2. The molecule has 2 saturated heterocycles. The maximum atomic E-state index is 12.8. The van der Waals surface area contributed by atoms with E-state index in [1.165, 1.54) is 17.7 Å². The van der Waals surface area contributed by atoms with Crippen LogP contribution in [0.3, 0.4) is 0 Å². The fourth-order valence-corrected chi connectivity index (χ4v) is 5.07. The molecule has 2 aliphatic heterocycles. The van der Waals surface area contributed by atoms with Gasteiger partial charge in [0.15, 0.2) is 0 Å². The Morgan fingerprint density at radius 1 is 1.10 bits per heavy atom. The first-order chi connectivity index (χ1) is 14.1. The summed E-state index contributed by atoms with van der Waals surface area (Å²) >= 11 is 0. The number of fused-ring (bicyclic) bond motifs is 2. The van der Waals surface area contributed by atoms with Crippen molar-refractivity contribution in [1.29, 1.82) is 0 Å². The predicted octanol–water partition coefficient (Wildman–Crippen LogP) is 2.88. The van der Waals surface area contributed by atoms with E-state index in [1.54, 1.807) is 7.11 Å². The largest absolute Gasteiger partial charge is 0.495 e. The van der Waals surface area contributed by atoms with Crippen LogP contribution < -0.4 is 15.0 Å². The normalized spacial score (nSPS) is 22.6. The van der Waals surface area contributed by atoms with Crippen molar-refractivity contribution in [3.8, 4) is 5.75 Å². The summed E-state index contributed by atoms with van der Waals surface area (Å²) in [5, 5.41) is 3.00. The van der Waals surface area contributed by atoms with Gasteiger partial charge in [0, 0.05) is 49.3 Å². The number of anilines is 2. The third-order valence-corrected chi connectivity index (χ3v) is 6.44. The molecule has 2 atom stereocenters. The van der Waals surface area contributed by atoms with Gasteiger partial charge >= 0.3 is 6.03 Å². The zero-order chi connectivity index (χ0) is 20.0. The van der Waals surface area contributed by atoms with Crippen molar-refractivity contribution in [1.82, 2.24) is 14.9 Å². The zero-order valence-electron chi connectivity index (χ0n) is 17.0. The van der Waals surface area contributed by atoms with E-state index in [4.69, 9.17) is 9.72 Å². The number of carbonyl (C=O) groups is 1. The highest BCUT2D eigenvalue weighted by Crippen LogP contribution is 2.37. The first-order valence-electron chi connectivity index (χ1n) is 10.4. The summed E-state index contributed by atoms with van der Waals surface area (Å²) in [7, 11) is 1.62. The Hall–Kier alpha value is -2.83. The number of carbonyl (C=O) groups excluding carboxylic acids is 1. The third kappa shape index (κ3) is 3.28. The minimum atomic E-state index is -0.0470. The van der Waals surface area contributed by atoms with Gasteiger partial charge in [0.2, 0.25) is 0 Å². The second-order valence-corrected chi connectivity index (χ2v) is 8.33. The van der Waals surface area contributed by atoms with Gasteiger partial charge in [-0.1, -0.05) is 12.1 Å². The zero-order valence-corrected chi connectivity index (χ0v) is 17.0. The Labute approximate surface area is 171 Å². The number of rotatable bonds is 3. The third-order valence-electron chi connectivity index (χ3n) is 6.44. The minimum Gasteiger partial charge on any atom is -0.495 e. The lowest BCUT2D eigenvalue weighted by Crippen LogP contribution is -2.36. The minimum absolute atomic E-state index is 0.0470. The highest BCUT2D eigenvalue weighted by molar-refractivity contribution is 5.91. The molecule has 0 spiro atoms. The second kappa shape index (κ2) is 7.21. The van der Waals surface area contributed by atoms with Crippen molar-refractivity contribution in [2.24, 2.45) is 11.8 Å². The van der Waals surface area contributed by atoms with E-state index in [-0.39, 0.29) is 6.03 Å². The molecule has 1 N–H and O–H groups in total. The Morgan fingerprint density at radius 2 is 1.86 bits per heavy atom.